The highest BCUT2D eigenvalue weighted by atomic mass is 19.1. The molecule has 1 amide bonds. The Morgan fingerprint density at radius 1 is 1.11 bits per heavy atom. The number of fused-ring (bicyclic) bond motifs is 1. The van der Waals surface area contributed by atoms with Crippen molar-refractivity contribution in [2.45, 2.75) is 19.5 Å². The Labute approximate surface area is 207 Å². The van der Waals surface area contributed by atoms with E-state index in [9.17, 15) is 13.6 Å². The normalized spacial score (nSPS) is 11.4. The fourth-order valence-corrected chi connectivity index (χ4v) is 4.03. The van der Waals surface area contributed by atoms with E-state index in [2.05, 4.69) is 15.0 Å². The van der Waals surface area contributed by atoms with Crippen molar-refractivity contribution in [3.8, 4) is 11.1 Å². The van der Waals surface area contributed by atoms with Crippen LogP contribution >= 0.6 is 0 Å². The van der Waals surface area contributed by atoms with Gasteiger partial charge in [-0.3, -0.25) is 9.78 Å². The number of methoxy groups -OCH3 is 2. The van der Waals surface area contributed by atoms with E-state index in [-0.39, 0.29) is 31.2 Å². The molecule has 1 aromatic carbocycles. The van der Waals surface area contributed by atoms with Crippen LogP contribution in [-0.2, 0) is 16.0 Å². The van der Waals surface area contributed by atoms with E-state index in [1.165, 1.54) is 24.4 Å². The first kappa shape index (κ1) is 25.2. The number of halogens is 2. The number of nitrogens with zero attached hydrogens (tertiary/aromatic N) is 3. The summed E-state index contributed by atoms with van der Waals surface area (Å²) < 4.78 is 39.1. The summed E-state index contributed by atoms with van der Waals surface area (Å²) in [6, 6.07) is 9.96. The van der Waals surface area contributed by atoms with Crippen LogP contribution in [0.5, 0.6) is 0 Å². The Kier molecular flexibility index (Phi) is 7.56. The van der Waals surface area contributed by atoms with Crippen molar-refractivity contribution in [1.29, 1.82) is 0 Å². The summed E-state index contributed by atoms with van der Waals surface area (Å²) in [6.45, 7) is 2.40. The minimum atomic E-state index is -0.676. The lowest BCUT2D eigenvalue weighted by atomic mass is 10.1. The summed E-state index contributed by atoms with van der Waals surface area (Å²) in [5.74, 6) is -1.27. The van der Waals surface area contributed by atoms with Crippen molar-refractivity contribution in [3.05, 3.63) is 77.2 Å². The van der Waals surface area contributed by atoms with Gasteiger partial charge in [-0.2, -0.15) is 0 Å². The van der Waals surface area contributed by atoms with Crippen LogP contribution in [-0.4, -0.2) is 59.2 Å². The summed E-state index contributed by atoms with van der Waals surface area (Å²) in [5, 5.41) is 0. The fourth-order valence-electron chi connectivity index (χ4n) is 4.03. The van der Waals surface area contributed by atoms with E-state index in [1.807, 2.05) is 13.0 Å². The lowest BCUT2D eigenvalue weighted by Gasteiger charge is -2.30. The van der Waals surface area contributed by atoms with Gasteiger partial charge in [0.25, 0.3) is 5.91 Å². The zero-order valence-corrected chi connectivity index (χ0v) is 20.2. The molecule has 0 saturated carbocycles. The monoisotopic (exact) mass is 495 g/mol. The Morgan fingerprint density at radius 2 is 1.81 bits per heavy atom. The van der Waals surface area contributed by atoms with Crippen LogP contribution in [0, 0.1) is 18.6 Å². The van der Waals surface area contributed by atoms with Gasteiger partial charge >= 0.3 is 0 Å². The number of hydrogen-bond donors (Lipinski definition) is 2. The number of nitrogen functional groups attached to an aromatic ring is 1. The second-order valence-electron chi connectivity index (χ2n) is 8.44. The smallest absolute Gasteiger partial charge is 0.271 e. The number of aromatic nitrogens is 3. The standard InChI is InChI=1S/C26H27F2N5O3/c1-15-9-21-22(32-25(15)29)10-23(31-21)26(34)33(18(13-35-2)14-36-3)12-17-8-7-16(11-30-17)24-19(27)5-4-6-20(24)28/h4-11,18,31H,12-14H2,1-3H3,(H2,29,32). The average molecular weight is 496 g/mol. The maximum absolute atomic E-state index is 14.2. The van der Waals surface area contributed by atoms with Gasteiger partial charge in [0.1, 0.15) is 23.1 Å². The molecule has 3 heterocycles. The van der Waals surface area contributed by atoms with Crippen LogP contribution in [0.4, 0.5) is 14.6 Å². The van der Waals surface area contributed by atoms with E-state index < -0.39 is 17.7 Å². The molecule has 0 aliphatic carbocycles. The number of carbonyl (C=O) groups excluding carboxylic acids is 1. The summed E-state index contributed by atoms with van der Waals surface area (Å²) in [5.41, 5.74) is 8.98. The number of benzene rings is 1. The molecule has 0 radical (unpaired) electrons. The third-order valence-corrected chi connectivity index (χ3v) is 5.89. The molecule has 188 valence electrons. The molecule has 10 heteroatoms. The summed E-state index contributed by atoms with van der Waals surface area (Å²) >= 11 is 0. The van der Waals surface area contributed by atoms with Gasteiger partial charge < -0.3 is 25.1 Å². The van der Waals surface area contributed by atoms with Gasteiger partial charge in [-0.15, -0.1) is 0 Å². The van der Waals surface area contributed by atoms with E-state index in [1.54, 1.807) is 37.3 Å². The molecule has 8 nitrogen and oxygen atoms in total. The van der Waals surface area contributed by atoms with Crippen LogP contribution in [0.15, 0.2) is 48.7 Å². The number of aromatic amines is 1. The van der Waals surface area contributed by atoms with Gasteiger partial charge in [0, 0.05) is 26.0 Å². The van der Waals surface area contributed by atoms with Gasteiger partial charge in [0.15, 0.2) is 0 Å². The number of H-pyrrole nitrogens is 1. The van der Waals surface area contributed by atoms with Crippen LogP contribution in [0.1, 0.15) is 21.7 Å². The number of rotatable bonds is 9. The molecule has 3 aromatic heterocycles. The van der Waals surface area contributed by atoms with Gasteiger partial charge in [-0.05, 0) is 42.8 Å². The fraction of sp³-hybridized carbons (Fsp3) is 0.269. The molecule has 0 bridgehead atoms. The third-order valence-electron chi connectivity index (χ3n) is 5.89. The Morgan fingerprint density at radius 3 is 2.42 bits per heavy atom. The van der Waals surface area contributed by atoms with E-state index in [4.69, 9.17) is 15.2 Å². The van der Waals surface area contributed by atoms with Crippen molar-refractivity contribution >= 4 is 22.8 Å². The second kappa shape index (κ2) is 10.8. The number of amides is 1. The molecule has 0 saturated heterocycles. The zero-order valence-electron chi connectivity index (χ0n) is 20.2. The minimum absolute atomic E-state index is 0.111. The highest BCUT2D eigenvalue weighted by Gasteiger charge is 2.27. The molecule has 0 spiro atoms. The van der Waals surface area contributed by atoms with Crippen LogP contribution in [0.25, 0.3) is 22.2 Å². The number of carbonyl (C=O) groups is 1. The second-order valence-corrected chi connectivity index (χ2v) is 8.44. The maximum Gasteiger partial charge on any atom is 0.271 e. The van der Waals surface area contributed by atoms with Crippen LogP contribution < -0.4 is 5.73 Å². The van der Waals surface area contributed by atoms with E-state index >= 15 is 0 Å². The van der Waals surface area contributed by atoms with Gasteiger partial charge in [0.2, 0.25) is 0 Å². The van der Waals surface area contributed by atoms with Gasteiger partial charge in [0.05, 0.1) is 48.1 Å². The van der Waals surface area contributed by atoms with Gasteiger partial charge in [-0.25, -0.2) is 13.8 Å². The molecular weight excluding hydrogens is 468 g/mol. The maximum atomic E-state index is 14.2. The lowest BCUT2D eigenvalue weighted by Crippen LogP contribution is -2.45. The number of ether oxygens (including phenoxy) is 2. The largest absolute Gasteiger partial charge is 0.383 e. The molecule has 0 aliphatic rings. The first-order chi connectivity index (χ1) is 17.3. The highest BCUT2D eigenvalue weighted by molar-refractivity contribution is 5.97. The highest BCUT2D eigenvalue weighted by Crippen LogP contribution is 2.26. The van der Waals surface area contributed by atoms with Gasteiger partial charge in [-0.1, -0.05) is 12.1 Å². The van der Waals surface area contributed by atoms with Crippen molar-refractivity contribution in [2.75, 3.05) is 33.2 Å². The molecule has 4 rings (SSSR count). The van der Waals surface area contributed by atoms with Crippen molar-refractivity contribution in [1.82, 2.24) is 19.9 Å². The van der Waals surface area contributed by atoms with E-state index in [0.717, 1.165) is 5.56 Å². The molecule has 0 aliphatic heterocycles. The Bertz CT molecular complexity index is 1310. The number of nitrogens with one attached hydrogen (secondary N) is 1. The summed E-state index contributed by atoms with van der Waals surface area (Å²) in [6.07, 6.45) is 1.39. The molecular formula is C26H27F2N5O3. The van der Waals surface area contributed by atoms with E-state index in [0.29, 0.717) is 33.8 Å². The van der Waals surface area contributed by atoms with Crippen LogP contribution in [0.2, 0.25) is 0 Å². The SMILES string of the molecule is COCC(COC)N(Cc1ccc(-c2c(F)cccc2F)cn1)C(=O)c1cc2nc(N)c(C)cc2[nH]1. The topological polar surface area (TPSA) is 106 Å². The number of pyridine rings is 2. The molecule has 4 aromatic rings. The minimum Gasteiger partial charge on any atom is -0.383 e. The van der Waals surface area contributed by atoms with Crippen molar-refractivity contribution in [2.24, 2.45) is 0 Å². The zero-order chi connectivity index (χ0) is 25.8. The van der Waals surface area contributed by atoms with Crippen molar-refractivity contribution in [3.63, 3.8) is 0 Å². The first-order valence-corrected chi connectivity index (χ1v) is 11.3. The average Bonchev–Trinajstić information content (AvgIpc) is 3.26. The number of hydrogen-bond acceptors (Lipinski definition) is 6. The predicted molar refractivity (Wildman–Crippen MR) is 132 cm³/mol. The molecule has 0 atom stereocenters. The van der Waals surface area contributed by atoms with Crippen LogP contribution in [0.3, 0.4) is 0 Å². The molecule has 3 N–H and O–H groups in total. The summed E-state index contributed by atoms with van der Waals surface area (Å²) in [4.78, 5) is 27.1. The predicted octanol–water partition coefficient (Wildman–Crippen LogP) is 4.10. The summed E-state index contributed by atoms with van der Waals surface area (Å²) in [7, 11) is 3.08. The number of nitrogens with two attached hydrogens (primary N) is 1. The first-order valence-electron chi connectivity index (χ1n) is 11.3. The molecule has 36 heavy (non-hydrogen) atoms. The molecule has 0 unspecified atom stereocenters. The Hall–Kier alpha value is -3.89. The third kappa shape index (κ3) is 5.19. The number of aryl methyl sites for hydroxylation is 1. The number of anilines is 1. The lowest BCUT2D eigenvalue weighted by molar-refractivity contribution is 0.0252. The Balaban J connectivity index is 1.66. The van der Waals surface area contributed by atoms with Crippen molar-refractivity contribution < 1.29 is 23.0 Å². The molecule has 0 fully saturated rings. The quantitative estimate of drug-likeness (QED) is 0.362.